The van der Waals surface area contributed by atoms with Crippen molar-refractivity contribution in [3.63, 3.8) is 0 Å². The molecule has 0 radical (unpaired) electrons. The molecule has 0 aliphatic heterocycles. The first-order valence-electron chi connectivity index (χ1n) is 6.95. The van der Waals surface area contributed by atoms with Crippen LogP contribution in [0.15, 0.2) is 46.9 Å². The van der Waals surface area contributed by atoms with E-state index in [1.54, 1.807) is 0 Å². The van der Waals surface area contributed by atoms with E-state index < -0.39 is 0 Å². The zero-order chi connectivity index (χ0) is 15.4. The van der Waals surface area contributed by atoms with Gasteiger partial charge in [-0.2, -0.15) is 0 Å². The highest BCUT2D eigenvalue weighted by Gasteiger charge is 2.10. The van der Waals surface area contributed by atoms with Crippen LogP contribution in [0, 0.1) is 0 Å². The maximum Gasteiger partial charge on any atom is 0.0426 e. The highest BCUT2D eigenvalue weighted by Crippen LogP contribution is 2.26. The van der Waals surface area contributed by atoms with Gasteiger partial charge in [-0.3, -0.25) is 0 Å². The molecule has 0 aromatic heterocycles. The second-order valence-electron chi connectivity index (χ2n) is 5.44. The van der Waals surface area contributed by atoms with Crippen LogP contribution in [0.3, 0.4) is 0 Å². The average Bonchev–Trinajstić information content (AvgIpc) is 2.43. The lowest BCUT2D eigenvalue weighted by Crippen LogP contribution is -2.22. The summed E-state index contributed by atoms with van der Waals surface area (Å²) in [5.74, 6) is 0. The van der Waals surface area contributed by atoms with Crippen LogP contribution in [0.25, 0.3) is 0 Å². The second-order valence-corrected chi connectivity index (χ2v) is 6.79. The number of halogens is 2. The molecule has 0 spiro atoms. The quantitative estimate of drug-likeness (QED) is 0.835. The number of rotatable bonds is 5. The zero-order valence-corrected chi connectivity index (χ0v) is 14.7. The molecule has 1 unspecified atom stereocenters. The van der Waals surface area contributed by atoms with Gasteiger partial charge < -0.3 is 10.6 Å². The van der Waals surface area contributed by atoms with Crippen LogP contribution in [0.5, 0.6) is 0 Å². The lowest BCUT2D eigenvalue weighted by Gasteiger charge is -2.24. The molecular formula is C17H20BrClN2. The van der Waals surface area contributed by atoms with Gasteiger partial charge in [0.05, 0.1) is 0 Å². The van der Waals surface area contributed by atoms with Gasteiger partial charge in [0.1, 0.15) is 0 Å². The maximum absolute atomic E-state index is 6.16. The smallest absolute Gasteiger partial charge is 0.0426 e. The largest absolute Gasteiger partial charge is 0.370 e. The fourth-order valence-corrected chi connectivity index (χ4v) is 2.79. The molecule has 21 heavy (non-hydrogen) atoms. The fraction of sp³-hybridized carbons (Fsp3) is 0.294. The molecule has 0 fully saturated rings. The normalized spacial score (nSPS) is 12.2. The molecule has 4 heteroatoms. The number of nitrogens with two attached hydrogens (primary N) is 1. The number of hydrogen-bond donors (Lipinski definition) is 1. The van der Waals surface area contributed by atoms with Crippen molar-refractivity contribution in [3.8, 4) is 0 Å². The Morgan fingerprint density at radius 2 is 1.86 bits per heavy atom. The summed E-state index contributed by atoms with van der Waals surface area (Å²) in [7, 11) is 2.08. The molecule has 2 rings (SSSR count). The van der Waals surface area contributed by atoms with Crippen molar-refractivity contribution in [2.75, 3.05) is 11.9 Å². The summed E-state index contributed by atoms with van der Waals surface area (Å²) >= 11 is 9.62. The van der Waals surface area contributed by atoms with Crippen molar-refractivity contribution in [3.05, 3.63) is 63.1 Å². The van der Waals surface area contributed by atoms with E-state index in [4.69, 9.17) is 17.3 Å². The Kier molecular flexibility index (Phi) is 5.68. The third kappa shape index (κ3) is 4.73. The minimum Gasteiger partial charge on any atom is -0.370 e. The molecule has 2 aromatic rings. The number of anilines is 1. The Bertz CT molecular complexity index is 596. The average molecular weight is 368 g/mol. The van der Waals surface area contributed by atoms with E-state index in [0.717, 1.165) is 28.1 Å². The van der Waals surface area contributed by atoms with Crippen LogP contribution < -0.4 is 10.6 Å². The molecule has 1 atom stereocenters. The van der Waals surface area contributed by atoms with E-state index in [1.807, 2.05) is 19.1 Å². The van der Waals surface area contributed by atoms with Crippen molar-refractivity contribution in [2.24, 2.45) is 5.73 Å². The van der Waals surface area contributed by atoms with E-state index in [0.29, 0.717) is 0 Å². The molecule has 0 bridgehead atoms. The Labute approximate surface area is 140 Å². The summed E-state index contributed by atoms with van der Waals surface area (Å²) in [4.78, 5) is 2.22. The SMILES string of the molecule is CC(N)Cc1ccc(Cl)cc1N(C)Cc1ccc(Br)cc1. The van der Waals surface area contributed by atoms with Gasteiger partial charge in [-0.05, 0) is 48.7 Å². The molecule has 0 amide bonds. The standard InChI is InChI=1S/C17H20BrClN2/c1-12(20)9-14-5-8-16(19)10-17(14)21(2)11-13-3-6-15(18)7-4-13/h3-8,10,12H,9,11,20H2,1-2H3. The van der Waals surface area contributed by atoms with Gasteiger partial charge in [0.25, 0.3) is 0 Å². The molecule has 2 aromatic carbocycles. The fourth-order valence-electron chi connectivity index (χ4n) is 2.36. The van der Waals surface area contributed by atoms with Crippen molar-refractivity contribution in [1.29, 1.82) is 0 Å². The van der Waals surface area contributed by atoms with Gasteiger partial charge in [-0.1, -0.05) is 45.7 Å². The lowest BCUT2D eigenvalue weighted by molar-refractivity contribution is 0.734. The molecule has 0 heterocycles. The highest BCUT2D eigenvalue weighted by atomic mass is 79.9. The van der Waals surface area contributed by atoms with Gasteiger partial charge >= 0.3 is 0 Å². The summed E-state index contributed by atoms with van der Waals surface area (Å²) < 4.78 is 1.09. The Morgan fingerprint density at radius 1 is 1.19 bits per heavy atom. The lowest BCUT2D eigenvalue weighted by atomic mass is 10.0. The first-order chi connectivity index (χ1) is 9.95. The van der Waals surface area contributed by atoms with E-state index in [2.05, 4.69) is 58.2 Å². The molecule has 2 N–H and O–H groups in total. The Morgan fingerprint density at radius 3 is 2.48 bits per heavy atom. The van der Waals surface area contributed by atoms with Crippen molar-refractivity contribution < 1.29 is 0 Å². The van der Waals surface area contributed by atoms with Gasteiger partial charge in [0.2, 0.25) is 0 Å². The zero-order valence-electron chi connectivity index (χ0n) is 12.3. The molecule has 0 aliphatic rings. The number of hydrogen-bond acceptors (Lipinski definition) is 2. The van der Waals surface area contributed by atoms with E-state index in [1.165, 1.54) is 11.1 Å². The monoisotopic (exact) mass is 366 g/mol. The molecule has 0 saturated carbocycles. The Hall–Kier alpha value is -1.03. The minimum atomic E-state index is 0.131. The predicted octanol–water partition coefficient (Wildman–Crippen LogP) is 4.63. The summed E-state index contributed by atoms with van der Waals surface area (Å²) in [6, 6.07) is 14.5. The van der Waals surface area contributed by atoms with Crippen LogP contribution in [-0.4, -0.2) is 13.1 Å². The van der Waals surface area contributed by atoms with Crippen LogP contribution in [0.2, 0.25) is 5.02 Å². The van der Waals surface area contributed by atoms with Gasteiger partial charge in [-0.25, -0.2) is 0 Å². The highest BCUT2D eigenvalue weighted by molar-refractivity contribution is 9.10. The summed E-state index contributed by atoms with van der Waals surface area (Å²) in [5.41, 5.74) is 9.57. The van der Waals surface area contributed by atoms with Gasteiger partial charge in [-0.15, -0.1) is 0 Å². The third-order valence-corrected chi connectivity index (χ3v) is 4.10. The first kappa shape index (κ1) is 16.3. The predicted molar refractivity (Wildman–Crippen MR) is 95.1 cm³/mol. The van der Waals surface area contributed by atoms with Gasteiger partial charge in [0.15, 0.2) is 0 Å². The van der Waals surface area contributed by atoms with Gasteiger partial charge in [0, 0.05) is 34.8 Å². The number of nitrogens with zero attached hydrogens (tertiary/aromatic N) is 1. The van der Waals surface area contributed by atoms with E-state index in [-0.39, 0.29) is 6.04 Å². The topological polar surface area (TPSA) is 29.3 Å². The van der Waals surface area contributed by atoms with Crippen LogP contribution in [0.4, 0.5) is 5.69 Å². The second kappa shape index (κ2) is 7.30. The molecule has 0 aliphatic carbocycles. The van der Waals surface area contributed by atoms with Crippen LogP contribution in [-0.2, 0) is 13.0 Å². The number of benzene rings is 2. The summed E-state index contributed by atoms with van der Waals surface area (Å²) in [6.07, 6.45) is 0.844. The first-order valence-corrected chi connectivity index (χ1v) is 8.12. The van der Waals surface area contributed by atoms with Crippen molar-refractivity contribution in [2.45, 2.75) is 25.9 Å². The van der Waals surface area contributed by atoms with Crippen LogP contribution >= 0.6 is 27.5 Å². The molecule has 112 valence electrons. The summed E-state index contributed by atoms with van der Waals surface area (Å²) in [6.45, 7) is 2.85. The van der Waals surface area contributed by atoms with E-state index >= 15 is 0 Å². The third-order valence-electron chi connectivity index (χ3n) is 3.33. The van der Waals surface area contributed by atoms with Crippen molar-refractivity contribution in [1.82, 2.24) is 0 Å². The molecule has 0 saturated heterocycles. The maximum atomic E-state index is 6.16. The molecule has 2 nitrogen and oxygen atoms in total. The van der Waals surface area contributed by atoms with Crippen LogP contribution in [0.1, 0.15) is 18.1 Å². The summed E-state index contributed by atoms with van der Waals surface area (Å²) in [5, 5.41) is 0.751. The van der Waals surface area contributed by atoms with Crippen molar-refractivity contribution >= 4 is 33.2 Å². The minimum absolute atomic E-state index is 0.131. The molecular weight excluding hydrogens is 348 g/mol. The Balaban J connectivity index is 2.22. The van der Waals surface area contributed by atoms with E-state index in [9.17, 15) is 0 Å².